The zero-order valence-corrected chi connectivity index (χ0v) is 21.1. The quantitative estimate of drug-likeness (QED) is 0.202. The van der Waals surface area contributed by atoms with E-state index in [-0.39, 0.29) is 5.91 Å². The molecular weight excluding hydrogens is 467 g/mol. The molecule has 1 unspecified atom stereocenters. The van der Waals surface area contributed by atoms with E-state index in [1.165, 1.54) is 5.56 Å². The summed E-state index contributed by atoms with van der Waals surface area (Å²) in [5, 5.41) is 11.9. The molecule has 1 amide bonds. The number of nitrogens with one attached hydrogen (secondary N) is 2. The lowest BCUT2D eigenvalue weighted by Gasteiger charge is -2.18. The second-order valence-electron chi connectivity index (χ2n) is 7.98. The number of anilines is 2. The number of aryl methyl sites for hydroxylation is 1. The standard InChI is InChI=1S/C20H24Cl2N4O.C7H8/c1-2-3-18(24)15-11-13(5-7-19(15)25)26-20(27)14(8-9-23)12-4-6-16(21)17(22)10-12;1-7-5-3-2-4-6-7/h4-7,10-11,14,24H,2-3,8-9,23,25H2,1H3,(H,26,27);2-6H,1H3. The zero-order chi connectivity index (χ0) is 25.1. The van der Waals surface area contributed by atoms with E-state index in [0.717, 1.165) is 12.0 Å². The van der Waals surface area contributed by atoms with E-state index in [0.29, 0.717) is 52.1 Å². The summed E-state index contributed by atoms with van der Waals surface area (Å²) in [6.07, 6.45) is 1.95. The van der Waals surface area contributed by atoms with Crippen LogP contribution in [0.15, 0.2) is 66.7 Å². The van der Waals surface area contributed by atoms with Crippen molar-refractivity contribution in [3.63, 3.8) is 0 Å². The Morgan fingerprint density at radius 1 is 1.03 bits per heavy atom. The van der Waals surface area contributed by atoms with Gasteiger partial charge in [-0.05, 0) is 62.2 Å². The van der Waals surface area contributed by atoms with Gasteiger partial charge >= 0.3 is 0 Å². The van der Waals surface area contributed by atoms with Crippen molar-refractivity contribution in [3.8, 4) is 0 Å². The molecule has 0 bridgehead atoms. The van der Waals surface area contributed by atoms with Crippen molar-refractivity contribution in [3.05, 3.63) is 93.5 Å². The van der Waals surface area contributed by atoms with Gasteiger partial charge in [0.15, 0.2) is 0 Å². The van der Waals surface area contributed by atoms with Gasteiger partial charge in [0.25, 0.3) is 0 Å². The molecule has 0 radical (unpaired) electrons. The van der Waals surface area contributed by atoms with E-state index in [2.05, 4.69) is 24.4 Å². The first-order valence-electron chi connectivity index (χ1n) is 11.2. The van der Waals surface area contributed by atoms with E-state index in [4.69, 9.17) is 40.1 Å². The highest BCUT2D eigenvalue weighted by atomic mass is 35.5. The van der Waals surface area contributed by atoms with Gasteiger partial charge in [0, 0.05) is 22.6 Å². The highest BCUT2D eigenvalue weighted by Crippen LogP contribution is 2.29. The predicted molar refractivity (Wildman–Crippen MR) is 145 cm³/mol. The van der Waals surface area contributed by atoms with Crippen LogP contribution in [0.5, 0.6) is 0 Å². The molecule has 7 heteroatoms. The summed E-state index contributed by atoms with van der Waals surface area (Å²) < 4.78 is 0. The van der Waals surface area contributed by atoms with Crippen LogP contribution >= 0.6 is 23.2 Å². The van der Waals surface area contributed by atoms with Crippen molar-refractivity contribution in [2.24, 2.45) is 5.73 Å². The van der Waals surface area contributed by atoms with Gasteiger partial charge in [-0.3, -0.25) is 4.79 Å². The molecule has 5 nitrogen and oxygen atoms in total. The number of rotatable bonds is 8. The molecule has 0 aromatic heterocycles. The average molecular weight is 499 g/mol. The molecular formula is C27H32Cl2N4O. The van der Waals surface area contributed by atoms with Gasteiger partial charge in [0.1, 0.15) is 0 Å². The zero-order valence-electron chi connectivity index (χ0n) is 19.6. The number of hydrogen-bond acceptors (Lipinski definition) is 4. The Labute approximate surface area is 212 Å². The Hall–Kier alpha value is -2.86. The van der Waals surface area contributed by atoms with Crippen LogP contribution in [0.2, 0.25) is 10.0 Å². The monoisotopic (exact) mass is 498 g/mol. The van der Waals surface area contributed by atoms with Gasteiger partial charge in [-0.2, -0.15) is 0 Å². The third-order valence-corrected chi connectivity index (χ3v) is 5.94. The molecule has 0 spiro atoms. The minimum absolute atomic E-state index is 0.198. The van der Waals surface area contributed by atoms with Crippen LogP contribution in [0.3, 0.4) is 0 Å². The maximum Gasteiger partial charge on any atom is 0.231 e. The van der Waals surface area contributed by atoms with Gasteiger partial charge in [0.05, 0.1) is 16.0 Å². The van der Waals surface area contributed by atoms with E-state index in [1.807, 2.05) is 25.1 Å². The maximum atomic E-state index is 12.9. The van der Waals surface area contributed by atoms with Crippen molar-refractivity contribution in [2.45, 2.75) is 39.0 Å². The van der Waals surface area contributed by atoms with Gasteiger partial charge < -0.3 is 22.2 Å². The summed E-state index contributed by atoms with van der Waals surface area (Å²) in [5.41, 5.74) is 16.0. The molecule has 0 heterocycles. The first-order chi connectivity index (χ1) is 16.3. The highest BCUT2D eigenvalue weighted by Gasteiger charge is 2.21. The molecule has 0 fully saturated rings. The fourth-order valence-corrected chi connectivity index (χ4v) is 3.70. The summed E-state index contributed by atoms with van der Waals surface area (Å²) in [6.45, 7) is 4.44. The van der Waals surface area contributed by atoms with Gasteiger partial charge in [-0.25, -0.2) is 0 Å². The molecule has 0 aliphatic carbocycles. The summed E-state index contributed by atoms with van der Waals surface area (Å²) in [5.74, 6) is -0.655. The van der Waals surface area contributed by atoms with Gasteiger partial charge in [0.2, 0.25) is 5.91 Å². The van der Waals surface area contributed by atoms with E-state index in [1.54, 1.807) is 36.4 Å². The number of benzene rings is 3. The topological polar surface area (TPSA) is 105 Å². The molecule has 6 N–H and O–H groups in total. The Morgan fingerprint density at radius 2 is 1.74 bits per heavy atom. The van der Waals surface area contributed by atoms with Gasteiger partial charge in [-0.15, -0.1) is 0 Å². The second-order valence-corrected chi connectivity index (χ2v) is 8.79. The smallest absolute Gasteiger partial charge is 0.231 e. The molecule has 180 valence electrons. The number of halogens is 2. The molecule has 0 aliphatic rings. The SMILES string of the molecule is CCCC(=N)c1cc(NC(=O)C(CCN)c2ccc(Cl)c(Cl)c2)ccc1N.Cc1ccccc1. The molecule has 0 saturated heterocycles. The maximum absolute atomic E-state index is 12.9. The third kappa shape index (κ3) is 8.17. The molecule has 3 aromatic carbocycles. The largest absolute Gasteiger partial charge is 0.398 e. The van der Waals surface area contributed by atoms with Crippen LogP contribution in [-0.2, 0) is 4.79 Å². The van der Waals surface area contributed by atoms with Crippen molar-refractivity contribution < 1.29 is 4.79 Å². The summed E-state index contributed by atoms with van der Waals surface area (Å²) >= 11 is 12.1. The van der Waals surface area contributed by atoms with E-state index in [9.17, 15) is 4.79 Å². The molecule has 1 atom stereocenters. The Balaban J connectivity index is 0.000000497. The molecule has 3 aromatic rings. The minimum Gasteiger partial charge on any atom is -0.398 e. The highest BCUT2D eigenvalue weighted by molar-refractivity contribution is 6.42. The van der Waals surface area contributed by atoms with Crippen molar-refractivity contribution in [1.82, 2.24) is 0 Å². The molecule has 0 aliphatic heterocycles. The van der Waals surface area contributed by atoms with Crippen LogP contribution in [0.1, 0.15) is 48.8 Å². The number of nitrogen functional groups attached to an aromatic ring is 1. The Kier molecular flexibility index (Phi) is 11.1. The lowest BCUT2D eigenvalue weighted by molar-refractivity contribution is -0.117. The van der Waals surface area contributed by atoms with Crippen molar-refractivity contribution >= 4 is 46.2 Å². The lowest BCUT2D eigenvalue weighted by atomic mass is 9.94. The fraction of sp³-hybridized carbons (Fsp3) is 0.259. The second kappa shape index (κ2) is 13.8. The van der Waals surface area contributed by atoms with Crippen LogP contribution < -0.4 is 16.8 Å². The van der Waals surface area contributed by atoms with Gasteiger partial charge in [-0.1, -0.05) is 78.5 Å². The van der Waals surface area contributed by atoms with Crippen LogP contribution in [0.25, 0.3) is 0 Å². The Bertz CT molecular complexity index is 1100. The first-order valence-corrected chi connectivity index (χ1v) is 12.0. The van der Waals surface area contributed by atoms with Crippen molar-refractivity contribution in [1.29, 1.82) is 5.41 Å². The molecule has 0 saturated carbocycles. The summed E-state index contributed by atoms with van der Waals surface area (Å²) in [7, 11) is 0. The van der Waals surface area contributed by atoms with Crippen molar-refractivity contribution in [2.75, 3.05) is 17.6 Å². The minimum atomic E-state index is -0.458. The molecule has 34 heavy (non-hydrogen) atoms. The van der Waals surface area contributed by atoms with Crippen LogP contribution in [0.4, 0.5) is 11.4 Å². The lowest BCUT2D eigenvalue weighted by Crippen LogP contribution is -2.23. The number of carbonyl (C=O) groups excluding carboxylic acids is 1. The van der Waals surface area contributed by atoms with E-state index < -0.39 is 5.92 Å². The summed E-state index contributed by atoms with van der Waals surface area (Å²) in [4.78, 5) is 12.9. The fourth-order valence-electron chi connectivity index (χ4n) is 3.39. The number of amides is 1. The molecule has 3 rings (SSSR count). The summed E-state index contributed by atoms with van der Waals surface area (Å²) in [6, 6.07) is 20.6. The van der Waals surface area contributed by atoms with Crippen LogP contribution in [0, 0.1) is 12.3 Å². The number of carbonyl (C=O) groups is 1. The normalized spacial score (nSPS) is 11.2. The number of nitrogens with two attached hydrogens (primary N) is 2. The average Bonchev–Trinajstić information content (AvgIpc) is 2.81. The van der Waals surface area contributed by atoms with Crippen LogP contribution in [-0.4, -0.2) is 18.2 Å². The Morgan fingerprint density at radius 3 is 2.29 bits per heavy atom. The van der Waals surface area contributed by atoms with E-state index >= 15 is 0 Å². The first kappa shape index (κ1) is 27.4. The number of hydrogen-bond donors (Lipinski definition) is 4. The predicted octanol–water partition coefficient (Wildman–Crippen LogP) is 6.81. The third-order valence-electron chi connectivity index (χ3n) is 5.20.